The standard InChI is InChI=1S/C17H16N6OS/c1-3-13-6-4-5-7-15(13)23(12(2)24)17-20-14(10-25-17)9-22-11-19-16(8-18)21-22/h4-7,10-11H,3,9H2,1-2H3. The Hall–Kier alpha value is -3.05. The molecule has 0 unspecified atom stereocenters. The Morgan fingerprint density at radius 2 is 2.20 bits per heavy atom. The van der Waals surface area contributed by atoms with E-state index in [0.29, 0.717) is 11.7 Å². The van der Waals surface area contributed by atoms with Gasteiger partial charge in [-0.3, -0.25) is 9.69 Å². The van der Waals surface area contributed by atoms with Crippen LogP contribution < -0.4 is 4.90 Å². The summed E-state index contributed by atoms with van der Waals surface area (Å²) in [7, 11) is 0. The first-order valence-electron chi connectivity index (χ1n) is 7.75. The van der Waals surface area contributed by atoms with E-state index in [-0.39, 0.29) is 11.7 Å². The topological polar surface area (TPSA) is 87.7 Å². The minimum Gasteiger partial charge on any atom is -0.274 e. The lowest BCUT2D eigenvalue weighted by molar-refractivity contribution is -0.115. The van der Waals surface area contributed by atoms with Gasteiger partial charge in [-0.05, 0) is 18.1 Å². The number of aryl methyl sites for hydroxylation is 1. The third-order valence-corrected chi connectivity index (χ3v) is 4.49. The number of benzene rings is 1. The Balaban J connectivity index is 1.90. The third kappa shape index (κ3) is 3.56. The molecule has 25 heavy (non-hydrogen) atoms. The molecule has 2 aromatic heterocycles. The fourth-order valence-electron chi connectivity index (χ4n) is 2.49. The van der Waals surface area contributed by atoms with Crippen molar-refractivity contribution in [2.45, 2.75) is 26.8 Å². The molecule has 3 aromatic rings. The molecule has 0 saturated carbocycles. The number of amides is 1. The minimum atomic E-state index is -0.0886. The normalized spacial score (nSPS) is 10.4. The molecule has 0 atom stereocenters. The van der Waals surface area contributed by atoms with Crippen LogP contribution in [0.15, 0.2) is 36.0 Å². The minimum absolute atomic E-state index is 0.0886. The molecule has 0 bridgehead atoms. The maximum absolute atomic E-state index is 12.3. The van der Waals surface area contributed by atoms with Crippen LogP contribution in [-0.4, -0.2) is 25.7 Å². The number of para-hydroxylation sites is 1. The summed E-state index contributed by atoms with van der Waals surface area (Å²) in [4.78, 5) is 22.3. The van der Waals surface area contributed by atoms with E-state index >= 15 is 0 Å². The van der Waals surface area contributed by atoms with Gasteiger partial charge in [-0.15, -0.1) is 16.4 Å². The van der Waals surface area contributed by atoms with Gasteiger partial charge >= 0.3 is 0 Å². The Bertz CT molecular complexity index is 939. The van der Waals surface area contributed by atoms with E-state index in [2.05, 4.69) is 22.0 Å². The molecule has 0 aliphatic heterocycles. The first-order chi connectivity index (χ1) is 12.1. The van der Waals surface area contributed by atoms with Crippen LogP contribution in [0.3, 0.4) is 0 Å². The molecular formula is C17H16N6OS. The average molecular weight is 352 g/mol. The van der Waals surface area contributed by atoms with E-state index < -0.39 is 0 Å². The van der Waals surface area contributed by atoms with E-state index in [0.717, 1.165) is 23.4 Å². The van der Waals surface area contributed by atoms with Gasteiger partial charge < -0.3 is 0 Å². The highest BCUT2D eigenvalue weighted by Gasteiger charge is 2.20. The summed E-state index contributed by atoms with van der Waals surface area (Å²) in [5, 5.41) is 15.3. The number of hydrogen-bond donors (Lipinski definition) is 0. The van der Waals surface area contributed by atoms with Crippen LogP contribution in [0.2, 0.25) is 0 Å². The Labute approximate surface area is 149 Å². The van der Waals surface area contributed by atoms with Gasteiger partial charge in [-0.25, -0.2) is 14.6 Å². The first-order valence-corrected chi connectivity index (χ1v) is 8.63. The molecule has 0 spiro atoms. The van der Waals surface area contributed by atoms with Gasteiger partial charge in [0.2, 0.25) is 5.91 Å². The molecule has 0 N–H and O–H groups in total. The van der Waals surface area contributed by atoms with Gasteiger partial charge in [-0.2, -0.15) is 5.26 Å². The highest BCUT2D eigenvalue weighted by Crippen LogP contribution is 2.31. The largest absolute Gasteiger partial charge is 0.274 e. The number of anilines is 2. The van der Waals surface area contributed by atoms with Gasteiger partial charge in [0.15, 0.2) is 5.13 Å². The van der Waals surface area contributed by atoms with Crippen molar-refractivity contribution < 1.29 is 4.79 Å². The number of rotatable bonds is 5. The van der Waals surface area contributed by atoms with Crippen LogP contribution in [-0.2, 0) is 17.8 Å². The second-order valence-electron chi connectivity index (χ2n) is 5.34. The lowest BCUT2D eigenvalue weighted by atomic mass is 10.1. The van der Waals surface area contributed by atoms with Crippen LogP contribution in [0.4, 0.5) is 10.8 Å². The molecule has 0 saturated heterocycles. The zero-order valence-electron chi connectivity index (χ0n) is 13.9. The summed E-state index contributed by atoms with van der Waals surface area (Å²) < 4.78 is 1.55. The Morgan fingerprint density at radius 3 is 2.88 bits per heavy atom. The van der Waals surface area contributed by atoms with Crippen LogP contribution in [0, 0.1) is 11.3 Å². The number of hydrogen-bond acceptors (Lipinski definition) is 6. The molecule has 1 amide bonds. The summed E-state index contributed by atoms with van der Waals surface area (Å²) in [5.41, 5.74) is 2.70. The molecule has 126 valence electrons. The fourth-order valence-corrected chi connectivity index (χ4v) is 3.37. The lowest BCUT2D eigenvalue weighted by Gasteiger charge is -2.20. The molecule has 1 aromatic carbocycles. The molecule has 2 heterocycles. The van der Waals surface area contributed by atoms with Crippen molar-refractivity contribution in [1.82, 2.24) is 19.7 Å². The quantitative estimate of drug-likeness (QED) is 0.704. The molecule has 0 aliphatic carbocycles. The van der Waals surface area contributed by atoms with E-state index in [9.17, 15) is 4.79 Å². The van der Waals surface area contributed by atoms with Crippen molar-refractivity contribution in [2.75, 3.05) is 4.90 Å². The zero-order valence-corrected chi connectivity index (χ0v) is 14.7. The summed E-state index contributed by atoms with van der Waals surface area (Å²) in [5.74, 6) is 0.0343. The molecule has 7 nitrogen and oxygen atoms in total. The number of carbonyl (C=O) groups excluding carboxylic acids is 1. The number of carbonyl (C=O) groups is 1. The van der Waals surface area contributed by atoms with Crippen molar-refractivity contribution in [3.63, 3.8) is 0 Å². The highest BCUT2D eigenvalue weighted by molar-refractivity contribution is 7.14. The van der Waals surface area contributed by atoms with Crippen molar-refractivity contribution in [3.8, 4) is 6.07 Å². The van der Waals surface area contributed by atoms with E-state index in [1.54, 1.807) is 9.58 Å². The summed E-state index contributed by atoms with van der Waals surface area (Å²) in [6.45, 7) is 3.98. The summed E-state index contributed by atoms with van der Waals surface area (Å²) in [6, 6.07) is 9.71. The maximum atomic E-state index is 12.3. The zero-order chi connectivity index (χ0) is 17.8. The summed E-state index contributed by atoms with van der Waals surface area (Å²) in [6.07, 6.45) is 2.32. The number of nitriles is 1. The molecule has 8 heteroatoms. The first kappa shape index (κ1) is 16.8. The fraction of sp³-hybridized carbons (Fsp3) is 0.235. The summed E-state index contributed by atoms with van der Waals surface area (Å²) >= 11 is 1.40. The van der Waals surface area contributed by atoms with Crippen molar-refractivity contribution in [2.24, 2.45) is 0 Å². The molecular weight excluding hydrogens is 336 g/mol. The average Bonchev–Trinajstić information content (AvgIpc) is 3.25. The Morgan fingerprint density at radius 1 is 1.40 bits per heavy atom. The smallest absolute Gasteiger partial charge is 0.252 e. The van der Waals surface area contributed by atoms with Crippen molar-refractivity contribution in [3.05, 3.63) is 53.1 Å². The van der Waals surface area contributed by atoms with Crippen LogP contribution >= 0.6 is 11.3 Å². The van der Waals surface area contributed by atoms with Gasteiger partial charge in [0.1, 0.15) is 12.4 Å². The molecule has 0 radical (unpaired) electrons. The lowest BCUT2D eigenvalue weighted by Crippen LogP contribution is -2.23. The third-order valence-electron chi connectivity index (χ3n) is 3.62. The van der Waals surface area contributed by atoms with Crippen molar-refractivity contribution in [1.29, 1.82) is 5.26 Å². The molecule has 3 rings (SSSR count). The van der Waals surface area contributed by atoms with Gasteiger partial charge in [0.25, 0.3) is 5.82 Å². The van der Waals surface area contributed by atoms with E-state index in [4.69, 9.17) is 5.26 Å². The predicted molar refractivity (Wildman–Crippen MR) is 94.6 cm³/mol. The number of nitrogens with zero attached hydrogens (tertiary/aromatic N) is 6. The van der Waals surface area contributed by atoms with Gasteiger partial charge in [-0.1, -0.05) is 25.1 Å². The number of thiazole rings is 1. The van der Waals surface area contributed by atoms with E-state index in [1.165, 1.54) is 24.6 Å². The maximum Gasteiger partial charge on any atom is 0.252 e. The molecule has 0 aliphatic rings. The second kappa shape index (κ2) is 7.23. The van der Waals surface area contributed by atoms with Gasteiger partial charge in [0, 0.05) is 12.3 Å². The van der Waals surface area contributed by atoms with Crippen LogP contribution in [0.25, 0.3) is 0 Å². The van der Waals surface area contributed by atoms with Crippen LogP contribution in [0.5, 0.6) is 0 Å². The number of aromatic nitrogens is 4. The predicted octanol–water partition coefficient (Wildman–Crippen LogP) is 2.90. The van der Waals surface area contributed by atoms with E-state index in [1.807, 2.05) is 35.7 Å². The second-order valence-corrected chi connectivity index (χ2v) is 6.17. The highest BCUT2D eigenvalue weighted by atomic mass is 32.1. The van der Waals surface area contributed by atoms with Crippen molar-refractivity contribution >= 4 is 28.1 Å². The monoisotopic (exact) mass is 352 g/mol. The van der Waals surface area contributed by atoms with Crippen LogP contribution in [0.1, 0.15) is 30.9 Å². The molecule has 0 fully saturated rings. The SMILES string of the molecule is CCc1ccccc1N(C(C)=O)c1nc(Cn2cnc(C#N)n2)cs1. The van der Waals surface area contributed by atoms with Gasteiger partial charge in [0.05, 0.1) is 17.9 Å². The Kier molecular flexibility index (Phi) is 4.86.